The second-order valence-electron chi connectivity index (χ2n) is 2.93. The number of aldehydes is 1. The van der Waals surface area contributed by atoms with Gasteiger partial charge in [0.25, 0.3) is 0 Å². The number of halogens is 2. The van der Waals surface area contributed by atoms with E-state index in [-0.39, 0.29) is 0 Å². The van der Waals surface area contributed by atoms with Gasteiger partial charge in [0.2, 0.25) is 0 Å². The molecule has 72 valence electrons. The van der Waals surface area contributed by atoms with Crippen LogP contribution in [0.2, 0.25) is 0 Å². The van der Waals surface area contributed by atoms with E-state index in [1.807, 2.05) is 18.2 Å². The summed E-state index contributed by atoms with van der Waals surface area (Å²) in [5, 5.41) is 0. The van der Waals surface area contributed by atoms with E-state index in [0.29, 0.717) is 12.2 Å². The molecule has 1 aliphatic heterocycles. The number of ether oxygens (including phenoxy) is 1. The second kappa shape index (κ2) is 3.87. The molecule has 1 aliphatic rings. The largest absolute Gasteiger partial charge is 0.487 e. The first-order chi connectivity index (χ1) is 6.70. The van der Waals surface area contributed by atoms with Crippen LogP contribution in [-0.2, 0) is 4.79 Å². The molecule has 0 atom stereocenters. The zero-order valence-electron chi connectivity index (χ0n) is 7.09. The molecule has 1 aromatic rings. The minimum atomic E-state index is 0.344. The van der Waals surface area contributed by atoms with E-state index < -0.39 is 0 Å². The maximum Gasteiger partial charge on any atom is 0.149 e. The van der Waals surface area contributed by atoms with Gasteiger partial charge in [0.1, 0.15) is 18.6 Å². The van der Waals surface area contributed by atoms with Gasteiger partial charge in [0.05, 0.1) is 4.47 Å². The molecule has 1 aromatic carbocycles. The first kappa shape index (κ1) is 9.93. The molecule has 0 saturated carbocycles. The SMILES string of the molecule is O=CC1=Cc2cc(Br)cc(Br)c2OC1. The summed E-state index contributed by atoms with van der Waals surface area (Å²) >= 11 is 6.78. The Morgan fingerprint density at radius 3 is 2.86 bits per heavy atom. The minimum Gasteiger partial charge on any atom is -0.487 e. The summed E-state index contributed by atoms with van der Waals surface area (Å²) in [5.74, 6) is 0.791. The van der Waals surface area contributed by atoms with Crippen molar-refractivity contribution in [2.45, 2.75) is 0 Å². The van der Waals surface area contributed by atoms with Crippen LogP contribution in [0.1, 0.15) is 5.56 Å². The first-order valence-corrected chi connectivity index (χ1v) is 5.57. The summed E-state index contributed by atoms with van der Waals surface area (Å²) in [6.07, 6.45) is 2.65. The lowest BCUT2D eigenvalue weighted by Crippen LogP contribution is -2.08. The fraction of sp³-hybridized carbons (Fsp3) is 0.100. The van der Waals surface area contributed by atoms with E-state index in [2.05, 4.69) is 31.9 Å². The predicted molar refractivity (Wildman–Crippen MR) is 61.4 cm³/mol. The molecular weight excluding hydrogens is 312 g/mol. The van der Waals surface area contributed by atoms with Crippen molar-refractivity contribution in [3.63, 3.8) is 0 Å². The maximum absolute atomic E-state index is 10.6. The van der Waals surface area contributed by atoms with Gasteiger partial charge < -0.3 is 4.74 Å². The van der Waals surface area contributed by atoms with Gasteiger partial charge in [0.15, 0.2) is 0 Å². The summed E-state index contributed by atoms with van der Waals surface area (Å²) in [6, 6.07) is 3.83. The molecule has 0 amide bonds. The second-order valence-corrected chi connectivity index (χ2v) is 4.70. The normalized spacial score (nSPS) is 14.0. The number of carbonyl (C=O) groups is 1. The molecule has 4 heteroatoms. The van der Waals surface area contributed by atoms with Crippen LogP contribution in [0.25, 0.3) is 6.08 Å². The Balaban J connectivity index is 2.57. The molecule has 1 heterocycles. The molecule has 2 nitrogen and oxygen atoms in total. The molecule has 0 aromatic heterocycles. The lowest BCUT2D eigenvalue weighted by atomic mass is 10.1. The van der Waals surface area contributed by atoms with Gasteiger partial charge >= 0.3 is 0 Å². The Labute approximate surface area is 98.2 Å². The lowest BCUT2D eigenvalue weighted by Gasteiger charge is -2.16. The number of fused-ring (bicyclic) bond motifs is 1. The average molecular weight is 318 g/mol. The van der Waals surface area contributed by atoms with Crippen molar-refractivity contribution in [3.05, 3.63) is 32.2 Å². The number of hydrogen-bond donors (Lipinski definition) is 0. The zero-order chi connectivity index (χ0) is 10.1. The third-order valence-corrected chi connectivity index (χ3v) is 2.96. The van der Waals surface area contributed by atoms with Gasteiger partial charge in [-0.15, -0.1) is 0 Å². The van der Waals surface area contributed by atoms with E-state index >= 15 is 0 Å². The molecule has 14 heavy (non-hydrogen) atoms. The van der Waals surface area contributed by atoms with Crippen LogP contribution in [0.15, 0.2) is 26.7 Å². The van der Waals surface area contributed by atoms with Crippen LogP contribution in [0.4, 0.5) is 0 Å². The van der Waals surface area contributed by atoms with Crippen molar-refractivity contribution in [3.8, 4) is 5.75 Å². The fourth-order valence-corrected chi connectivity index (χ4v) is 2.68. The Bertz CT molecular complexity index is 424. The van der Waals surface area contributed by atoms with Crippen LogP contribution in [-0.4, -0.2) is 12.9 Å². The van der Waals surface area contributed by atoms with Crippen LogP contribution < -0.4 is 4.74 Å². The summed E-state index contributed by atoms with van der Waals surface area (Å²) in [6.45, 7) is 0.344. The van der Waals surface area contributed by atoms with Crippen LogP contribution in [0.3, 0.4) is 0 Å². The van der Waals surface area contributed by atoms with Crippen molar-refractivity contribution < 1.29 is 9.53 Å². The minimum absolute atomic E-state index is 0.344. The Morgan fingerprint density at radius 2 is 2.14 bits per heavy atom. The number of rotatable bonds is 1. The highest BCUT2D eigenvalue weighted by atomic mass is 79.9. The Hall–Kier alpha value is -0.610. The molecule has 0 radical (unpaired) electrons. The summed E-state index contributed by atoms with van der Waals surface area (Å²) < 4.78 is 7.29. The standard InChI is InChI=1S/C10H6Br2O2/c11-8-2-7-1-6(4-13)5-14-10(7)9(12)3-8/h1-4H,5H2. The third-order valence-electron chi connectivity index (χ3n) is 1.91. The third kappa shape index (κ3) is 1.77. The van der Waals surface area contributed by atoms with Crippen LogP contribution in [0.5, 0.6) is 5.75 Å². The van der Waals surface area contributed by atoms with Gasteiger partial charge in [-0.1, -0.05) is 15.9 Å². The smallest absolute Gasteiger partial charge is 0.149 e. The highest BCUT2D eigenvalue weighted by Gasteiger charge is 2.14. The molecule has 0 unspecified atom stereocenters. The van der Waals surface area contributed by atoms with Crippen LogP contribution >= 0.6 is 31.9 Å². The molecule has 0 spiro atoms. The molecular formula is C10H6Br2O2. The van der Waals surface area contributed by atoms with Crippen LogP contribution in [0, 0.1) is 0 Å². The fourth-order valence-electron chi connectivity index (χ4n) is 1.30. The monoisotopic (exact) mass is 316 g/mol. The van der Waals surface area contributed by atoms with Gasteiger partial charge in [-0.25, -0.2) is 0 Å². The highest BCUT2D eigenvalue weighted by Crippen LogP contribution is 2.36. The Kier molecular flexibility index (Phi) is 2.74. The molecule has 0 saturated heterocycles. The topological polar surface area (TPSA) is 26.3 Å². The zero-order valence-corrected chi connectivity index (χ0v) is 10.3. The van der Waals surface area contributed by atoms with E-state index in [1.54, 1.807) is 0 Å². The predicted octanol–water partition coefficient (Wildman–Crippen LogP) is 3.19. The van der Waals surface area contributed by atoms with E-state index in [1.165, 1.54) is 0 Å². The van der Waals surface area contributed by atoms with Crippen molar-refractivity contribution in [1.82, 2.24) is 0 Å². The molecule has 2 rings (SSSR count). The van der Waals surface area contributed by atoms with Gasteiger partial charge in [-0.3, -0.25) is 4.79 Å². The van der Waals surface area contributed by atoms with E-state index in [9.17, 15) is 4.79 Å². The maximum atomic E-state index is 10.6. The van der Waals surface area contributed by atoms with E-state index in [4.69, 9.17) is 4.74 Å². The molecule has 0 bridgehead atoms. The number of benzene rings is 1. The van der Waals surface area contributed by atoms with Crippen molar-refractivity contribution >= 4 is 44.2 Å². The van der Waals surface area contributed by atoms with Gasteiger partial charge in [-0.05, 0) is 34.1 Å². The van der Waals surface area contributed by atoms with Crippen molar-refractivity contribution in [1.29, 1.82) is 0 Å². The van der Waals surface area contributed by atoms with E-state index in [0.717, 1.165) is 26.5 Å². The molecule has 0 fully saturated rings. The number of hydrogen-bond acceptors (Lipinski definition) is 2. The highest BCUT2D eigenvalue weighted by molar-refractivity contribution is 9.11. The number of carbonyl (C=O) groups excluding carboxylic acids is 1. The average Bonchev–Trinajstić information content (AvgIpc) is 2.16. The molecule has 0 aliphatic carbocycles. The molecule has 0 N–H and O–H groups in total. The first-order valence-electron chi connectivity index (χ1n) is 3.98. The lowest BCUT2D eigenvalue weighted by molar-refractivity contribution is -0.105. The summed E-state index contributed by atoms with van der Waals surface area (Å²) in [7, 11) is 0. The Morgan fingerprint density at radius 1 is 1.36 bits per heavy atom. The van der Waals surface area contributed by atoms with Crippen molar-refractivity contribution in [2.24, 2.45) is 0 Å². The van der Waals surface area contributed by atoms with Gasteiger partial charge in [0, 0.05) is 15.6 Å². The van der Waals surface area contributed by atoms with Gasteiger partial charge in [-0.2, -0.15) is 0 Å². The summed E-state index contributed by atoms with van der Waals surface area (Å²) in [4.78, 5) is 10.6. The quantitative estimate of drug-likeness (QED) is 0.744. The summed E-state index contributed by atoms with van der Waals surface area (Å²) in [5.41, 5.74) is 1.57. The van der Waals surface area contributed by atoms with Crippen molar-refractivity contribution in [2.75, 3.05) is 6.61 Å².